The van der Waals surface area contributed by atoms with Crippen molar-refractivity contribution in [3.05, 3.63) is 0 Å². The van der Waals surface area contributed by atoms with Crippen LogP contribution in [0.1, 0.15) is 74.1 Å². The Morgan fingerprint density at radius 2 is 1.43 bits per heavy atom. The van der Waals surface area contributed by atoms with E-state index in [4.69, 9.17) is 4.43 Å². The molecule has 4 heteroatoms. The Morgan fingerprint density at radius 3 is 1.71 bits per heavy atom. The van der Waals surface area contributed by atoms with Crippen LogP contribution in [0.2, 0.25) is 16.6 Å². The van der Waals surface area contributed by atoms with Crippen molar-refractivity contribution >= 4 is 14.3 Å². The summed E-state index contributed by atoms with van der Waals surface area (Å²) in [6.07, 6.45) is 3.53. The molecule has 1 rings (SSSR count). The molecule has 3 nitrogen and oxygen atoms in total. The molecule has 0 atom stereocenters. The van der Waals surface area contributed by atoms with Gasteiger partial charge in [-0.05, 0) is 49.2 Å². The van der Waals surface area contributed by atoms with Crippen LogP contribution in [-0.2, 0) is 9.22 Å². The number of carboxylic acids is 1. The van der Waals surface area contributed by atoms with E-state index in [-0.39, 0.29) is 6.10 Å². The van der Waals surface area contributed by atoms with E-state index in [1.54, 1.807) is 0 Å². The number of hydrogen-bond donors (Lipinski definition) is 1. The van der Waals surface area contributed by atoms with Crippen LogP contribution in [0.15, 0.2) is 0 Å². The maximum atomic E-state index is 11.4. The first-order valence-corrected chi connectivity index (χ1v) is 10.6. The first-order valence-electron chi connectivity index (χ1n) is 8.47. The molecule has 0 amide bonds. The van der Waals surface area contributed by atoms with Gasteiger partial charge in [-0.2, -0.15) is 0 Å². The summed E-state index contributed by atoms with van der Waals surface area (Å²) in [6, 6.07) is 0. The maximum absolute atomic E-state index is 11.4. The van der Waals surface area contributed by atoms with Gasteiger partial charge < -0.3 is 9.53 Å². The highest BCUT2D eigenvalue weighted by molar-refractivity contribution is 6.77. The van der Waals surface area contributed by atoms with Gasteiger partial charge in [-0.3, -0.25) is 4.79 Å². The Kier molecular flexibility index (Phi) is 6.07. The molecular weight excluding hydrogens is 280 g/mol. The van der Waals surface area contributed by atoms with Gasteiger partial charge in [-0.15, -0.1) is 0 Å². The first kappa shape index (κ1) is 18.7. The highest BCUT2D eigenvalue weighted by atomic mass is 28.4. The van der Waals surface area contributed by atoms with Crippen molar-refractivity contribution in [3.63, 3.8) is 0 Å². The third-order valence-corrected chi connectivity index (χ3v) is 11.8. The second-order valence-electron chi connectivity index (χ2n) is 8.00. The molecule has 0 spiro atoms. The fraction of sp³-hybridized carbons (Fsp3) is 0.941. The first-order chi connectivity index (χ1) is 9.56. The van der Waals surface area contributed by atoms with Gasteiger partial charge in [0.25, 0.3) is 0 Å². The number of carbonyl (C=O) groups is 1. The molecule has 0 saturated heterocycles. The standard InChI is InChI=1S/C17H34O3Si/c1-12(2)21(13(3)4,14(5)6)20-15-8-10-17(7,11-9-15)16(18)19/h12-15H,8-11H2,1-7H3,(H,18,19). The summed E-state index contributed by atoms with van der Waals surface area (Å²) in [5, 5.41) is 9.35. The fourth-order valence-electron chi connectivity index (χ4n) is 4.26. The maximum Gasteiger partial charge on any atom is 0.309 e. The van der Waals surface area contributed by atoms with Crippen LogP contribution in [0.25, 0.3) is 0 Å². The Morgan fingerprint density at radius 1 is 1.05 bits per heavy atom. The molecule has 1 N–H and O–H groups in total. The van der Waals surface area contributed by atoms with E-state index in [1.807, 2.05) is 6.92 Å². The Balaban J connectivity index is 2.82. The van der Waals surface area contributed by atoms with Crippen molar-refractivity contribution in [1.29, 1.82) is 0 Å². The van der Waals surface area contributed by atoms with Crippen LogP contribution in [-0.4, -0.2) is 25.5 Å². The van der Waals surface area contributed by atoms with E-state index in [0.29, 0.717) is 16.6 Å². The minimum Gasteiger partial charge on any atom is -0.481 e. The zero-order valence-corrected chi connectivity index (χ0v) is 15.9. The van der Waals surface area contributed by atoms with Gasteiger partial charge in [0.15, 0.2) is 0 Å². The van der Waals surface area contributed by atoms with Crippen molar-refractivity contribution in [2.75, 3.05) is 0 Å². The molecule has 1 aliphatic carbocycles. The van der Waals surface area contributed by atoms with Gasteiger partial charge in [-0.25, -0.2) is 0 Å². The Hall–Kier alpha value is -0.353. The predicted octanol–water partition coefficient (Wildman–Crippen LogP) is 5.21. The molecule has 1 aliphatic rings. The molecule has 21 heavy (non-hydrogen) atoms. The van der Waals surface area contributed by atoms with Gasteiger partial charge in [0.1, 0.15) is 0 Å². The molecule has 0 radical (unpaired) electrons. The van der Waals surface area contributed by atoms with Gasteiger partial charge in [0.05, 0.1) is 5.41 Å². The molecule has 0 unspecified atom stereocenters. The highest BCUT2D eigenvalue weighted by Gasteiger charge is 2.48. The second kappa shape index (κ2) is 6.82. The van der Waals surface area contributed by atoms with Crippen molar-refractivity contribution in [1.82, 2.24) is 0 Å². The largest absolute Gasteiger partial charge is 0.481 e. The molecule has 124 valence electrons. The SMILES string of the molecule is CC(C)[Si](OC1CCC(C)(C(=O)O)CC1)(C(C)C)C(C)C. The molecule has 0 bridgehead atoms. The minimum absolute atomic E-state index is 0.260. The lowest BCUT2D eigenvalue weighted by Gasteiger charge is -2.46. The number of aliphatic carboxylic acids is 1. The molecule has 0 aromatic carbocycles. The molecule has 1 saturated carbocycles. The van der Waals surface area contributed by atoms with Crippen LogP contribution in [0.4, 0.5) is 0 Å². The topological polar surface area (TPSA) is 46.5 Å². The number of carboxylic acid groups (broad SMARTS) is 1. The minimum atomic E-state index is -1.84. The summed E-state index contributed by atoms with van der Waals surface area (Å²) in [6.45, 7) is 15.7. The lowest BCUT2D eigenvalue weighted by molar-refractivity contribution is -0.150. The molecule has 0 aromatic heterocycles. The van der Waals surface area contributed by atoms with Crippen LogP contribution < -0.4 is 0 Å². The monoisotopic (exact) mass is 314 g/mol. The van der Waals surface area contributed by atoms with Crippen LogP contribution in [0, 0.1) is 5.41 Å². The third kappa shape index (κ3) is 3.70. The zero-order chi connectivity index (χ0) is 16.4. The molecule has 1 fully saturated rings. The van der Waals surface area contributed by atoms with E-state index in [2.05, 4.69) is 41.5 Å². The van der Waals surface area contributed by atoms with Crippen molar-refractivity contribution in [2.24, 2.45) is 5.41 Å². The van der Waals surface area contributed by atoms with Crippen molar-refractivity contribution in [2.45, 2.75) is 96.9 Å². The summed E-state index contributed by atoms with van der Waals surface area (Å²) >= 11 is 0. The van der Waals surface area contributed by atoms with Gasteiger partial charge in [0, 0.05) is 6.10 Å². The average molecular weight is 315 g/mol. The van der Waals surface area contributed by atoms with Crippen molar-refractivity contribution in [3.8, 4) is 0 Å². The van der Waals surface area contributed by atoms with E-state index in [9.17, 15) is 9.90 Å². The van der Waals surface area contributed by atoms with Crippen molar-refractivity contribution < 1.29 is 14.3 Å². The summed E-state index contributed by atoms with van der Waals surface area (Å²) in [5.74, 6) is -0.652. The third-order valence-electron chi connectivity index (χ3n) is 5.63. The average Bonchev–Trinajstić information content (AvgIpc) is 2.36. The second-order valence-corrected chi connectivity index (χ2v) is 13.4. The highest BCUT2D eigenvalue weighted by Crippen LogP contribution is 2.46. The van der Waals surface area contributed by atoms with Gasteiger partial charge >= 0.3 is 5.97 Å². The Bertz CT molecular complexity index is 333. The van der Waals surface area contributed by atoms with Gasteiger partial charge in [-0.1, -0.05) is 41.5 Å². The smallest absolute Gasteiger partial charge is 0.309 e. The predicted molar refractivity (Wildman–Crippen MR) is 90.1 cm³/mol. The number of rotatable bonds is 6. The summed E-state index contributed by atoms with van der Waals surface area (Å²) in [5.41, 5.74) is 1.22. The van der Waals surface area contributed by atoms with E-state index < -0.39 is 19.7 Å². The summed E-state index contributed by atoms with van der Waals surface area (Å²) < 4.78 is 6.78. The van der Waals surface area contributed by atoms with Crippen LogP contribution >= 0.6 is 0 Å². The van der Waals surface area contributed by atoms with Crippen LogP contribution in [0.3, 0.4) is 0 Å². The Labute approximate surface area is 131 Å². The molecule has 0 aliphatic heterocycles. The summed E-state index contributed by atoms with van der Waals surface area (Å²) in [4.78, 5) is 11.4. The lowest BCUT2D eigenvalue weighted by Crippen LogP contribution is -2.51. The van der Waals surface area contributed by atoms with E-state index in [1.165, 1.54) is 0 Å². The molecule has 0 heterocycles. The lowest BCUT2D eigenvalue weighted by atomic mass is 9.75. The molecular formula is C17H34O3Si. The van der Waals surface area contributed by atoms with E-state index in [0.717, 1.165) is 25.7 Å². The van der Waals surface area contributed by atoms with Crippen LogP contribution in [0.5, 0.6) is 0 Å². The normalized spacial score (nSPS) is 27.6. The zero-order valence-electron chi connectivity index (χ0n) is 14.9. The van der Waals surface area contributed by atoms with E-state index >= 15 is 0 Å². The fourth-order valence-corrected chi connectivity index (χ4v) is 9.89. The van der Waals surface area contributed by atoms with Gasteiger partial charge in [0.2, 0.25) is 8.32 Å². The summed E-state index contributed by atoms with van der Waals surface area (Å²) in [7, 11) is -1.84. The quantitative estimate of drug-likeness (QED) is 0.684. The number of hydrogen-bond acceptors (Lipinski definition) is 2. The molecule has 0 aromatic rings.